The summed E-state index contributed by atoms with van der Waals surface area (Å²) in [5.74, 6) is 4.01. The van der Waals surface area contributed by atoms with Crippen LogP contribution in [0.5, 0.6) is 0 Å². The van der Waals surface area contributed by atoms with Gasteiger partial charge >= 0.3 is 0 Å². The van der Waals surface area contributed by atoms with Crippen LogP contribution >= 0.6 is 11.8 Å². The normalized spacial score (nSPS) is 13.9. The molecule has 5 nitrogen and oxygen atoms in total. The number of hydrogen-bond acceptors (Lipinski definition) is 6. The molecule has 1 atom stereocenters. The molecule has 21 heavy (non-hydrogen) atoms. The van der Waals surface area contributed by atoms with E-state index in [1.165, 1.54) is 0 Å². The van der Waals surface area contributed by atoms with Crippen molar-refractivity contribution in [3.8, 4) is 0 Å². The van der Waals surface area contributed by atoms with E-state index >= 15 is 0 Å². The largest absolute Gasteiger partial charge is 0.444 e. The second kappa shape index (κ2) is 6.22. The zero-order valence-corrected chi connectivity index (χ0v) is 14.3. The lowest BCUT2D eigenvalue weighted by Gasteiger charge is -2.13. The Kier molecular flexibility index (Phi) is 4.76. The SMILES string of the molecule is CC(C)c1nc(CS[C@H](C)c2ncc(C(C)(C)C)o2)no1. The number of hydrogen-bond donors (Lipinski definition) is 0. The standard InChI is InChI=1S/C15H23N3O2S/c1-9(2)13-17-12(18-20-13)8-21-10(3)14-16-7-11(19-14)15(4,5)6/h7,9-10H,8H2,1-6H3/t10-/m1/s1. The summed E-state index contributed by atoms with van der Waals surface area (Å²) in [7, 11) is 0. The third-order valence-electron chi connectivity index (χ3n) is 3.05. The highest BCUT2D eigenvalue weighted by atomic mass is 32.2. The second-order valence-corrected chi connectivity index (χ2v) is 7.80. The smallest absolute Gasteiger partial charge is 0.229 e. The second-order valence-electron chi connectivity index (χ2n) is 6.47. The van der Waals surface area contributed by atoms with E-state index in [1.807, 2.05) is 20.0 Å². The summed E-state index contributed by atoms with van der Waals surface area (Å²) in [4.78, 5) is 8.75. The summed E-state index contributed by atoms with van der Waals surface area (Å²) >= 11 is 1.69. The molecule has 0 amide bonds. The van der Waals surface area contributed by atoms with E-state index in [1.54, 1.807) is 11.8 Å². The first kappa shape index (κ1) is 16.1. The van der Waals surface area contributed by atoms with Crippen LogP contribution in [0.3, 0.4) is 0 Å². The van der Waals surface area contributed by atoms with Crippen molar-refractivity contribution < 1.29 is 8.94 Å². The lowest BCUT2D eigenvalue weighted by molar-refractivity contribution is 0.362. The van der Waals surface area contributed by atoms with Gasteiger partial charge in [-0.1, -0.05) is 39.8 Å². The molecule has 0 N–H and O–H groups in total. The Labute approximate surface area is 129 Å². The molecule has 0 aliphatic heterocycles. The van der Waals surface area contributed by atoms with Gasteiger partial charge in [-0.3, -0.25) is 0 Å². The summed E-state index contributed by atoms with van der Waals surface area (Å²) in [5, 5.41) is 4.14. The minimum Gasteiger partial charge on any atom is -0.444 e. The molecule has 0 aliphatic rings. The van der Waals surface area contributed by atoms with Gasteiger partial charge in [0, 0.05) is 11.3 Å². The maximum Gasteiger partial charge on any atom is 0.229 e. The first-order valence-electron chi connectivity index (χ1n) is 7.17. The Morgan fingerprint density at radius 2 is 1.90 bits per heavy atom. The first-order chi connectivity index (χ1) is 9.77. The molecule has 2 rings (SSSR count). The zero-order chi connectivity index (χ0) is 15.6. The van der Waals surface area contributed by atoms with Crippen LogP contribution in [-0.4, -0.2) is 15.1 Å². The van der Waals surface area contributed by atoms with Gasteiger partial charge in [0.1, 0.15) is 5.76 Å². The van der Waals surface area contributed by atoms with Crippen LogP contribution in [-0.2, 0) is 11.2 Å². The van der Waals surface area contributed by atoms with E-state index in [-0.39, 0.29) is 16.6 Å². The molecule has 2 aromatic heterocycles. The predicted octanol–water partition coefficient (Wildman–Crippen LogP) is 4.47. The predicted molar refractivity (Wildman–Crippen MR) is 83.3 cm³/mol. The van der Waals surface area contributed by atoms with E-state index < -0.39 is 0 Å². The average molecular weight is 309 g/mol. The molecule has 6 heteroatoms. The fraction of sp³-hybridized carbons (Fsp3) is 0.667. The van der Waals surface area contributed by atoms with Crippen molar-refractivity contribution >= 4 is 11.8 Å². The monoisotopic (exact) mass is 309 g/mol. The quantitative estimate of drug-likeness (QED) is 0.811. The van der Waals surface area contributed by atoms with Crippen LogP contribution in [0.15, 0.2) is 15.1 Å². The fourth-order valence-electron chi connectivity index (χ4n) is 1.65. The van der Waals surface area contributed by atoms with E-state index in [0.29, 0.717) is 11.6 Å². The molecule has 0 aliphatic carbocycles. The molecule has 0 saturated carbocycles. The van der Waals surface area contributed by atoms with Crippen LogP contribution < -0.4 is 0 Å². The summed E-state index contributed by atoms with van der Waals surface area (Å²) < 4.78 is 11.0. The molecule has 2 aromatic rings. The highest BCUT2D eigenvalue weighted by Gasteiger charge is 2.22. The Bertz CT molecular complexity index is 584. The topological polar surface area (TPSA) is 65.0 Å². The highest BCUT2D eigenvalue weighted by Crippen LogP contribution is 2.32. The molecule has 0 aromatic carbocycles. The fourth-order valence-corrected chi connectivity index (χ4v) is 2.42. The first-order valence-corrected chi connectivity index (χ1v) is 8.22. The van der Waals surface area contributed by atoms with Crippen molar-refractivity contribution in [2.75, 3.05) is 0 Å². The molecule has 0 fully saturated rings. The van der Waals surface area contributed by atoms with Gasteiger partial charge in [0.2, 0.25) is 11.8 Å². The minimum absolute atomic E-state index is 0.0184. The lowest BCUT2D eigenvalue weighted by atomic mass is 9.94. The van der Waals surface area contributed by atoms with Crippen LogP contribution in [0.4, 0.5) is 0 Å². The molecular weight excluding hydrogens is 286 g/mol. The summed E-state index contributed by atoms with van der Waals surface area (Å²) in [6.45, 7) is 12.5. The number of rotatable bonds is 5. The van der Waals surface area contributed by atoms with E-state index in [0.717, 1.165) is 17.5 Å². The van der Waals surface area contributed by atoms with Crippen molar-refractivity contribution in [1.29, 1.82) is 0 Å². The Hall–Kier alpha value is -1.30. The van der Waals surface area contributed by atoms with Crippen molar-refractivity contribution in [3.63, 3.8) is 0 Å². The average Bonchev–Trinajstić information content (AvgIpc) is 3.04. The Morgan fingerprint density at radius 3 is 2.43 bits per heavy atom. The number of aromatic nitrogens is 3. The highest BCUT2D eigenvalue weighted by molar-refractivity contribution is 7.98. The van der Waals surface area contributed by atoms with Gasteiger partial charge in [-0.15, -0.1) is 11.8 Å². The molecule has 2 heterocycles. The van der Waals surface area contributed by atoms with Crippen LogP contribution in [0, 0.1) is 0 Å². The van der Waals surface area contributed by atoms with Crippen molar-refractivity contribution in [2.24, 2.45) is 0 Å². The molecule has 0 spiro atoms. The summed E-state index contributed by atoms with van der Waals surface area (Å²) in [6, 6.07) is 0. The van der Waals surface area contributed by atoms with Crippen LogP contribution in [0.2, 0.25) is 0 Å². The molecule has 0 radical (unpaired) electrons. The van der Waals surface area contributed by atoms with Gasteiger partial charge < -0.3 is 8.94 Å². The van der Waals surface area contributed by atoms with Crippen LogP contribution in [0.1, 0.15) is 76.1 Å². The van der Waals surface area contributed by atoms with Gasteiger partial charge in [-0.25, -0.2) is 4.98 Å². The van der Waals surface area contributed by atoms with Crippen LogP contribution in [0.25, 0.3) is 0 Å². The molecule has 116 valence electrons. The van der Waals surface area contributed by atoms with Gasteiger partial charge in [-0.2, -0.15) is 4.98 Å². The maximum absolute atomic E-state index is 5.85. The third-order valence-corrected chi connectivity index (χ3v) is 4.18. The van der Waals surface area contributed by atoms with Crippen molar-refractivity contribution in [2.45, 2.75) is 63.9 Å². The molecule has 0 saturated heterocycles. The third kappa shape index (κ3) is 4.09. The lowest BCUT2D eigenvalue weighted by Crippen LogP contribution is -2.09. The van der Waals surface area contributed by atoms with Gasteiger partial charge in [-0.05, 0) is 6.92 Å². The Morgan fingerprint density at radius 1 is 1.19 bits per heavy atom. The van der Waals surface area contributed by atoms with E-state index in [4.69, 9.17) is 8.94 Å². The summed E-state index contributed by atoms with van der Waals surface area (Å²) in [5.41, 5.74) is -0.0184. The van der Waals surface area contributed by atoms with Gasteiger partial charge in [0.25, 0.3) is 0 Å². The van der Waals surface area contributed by atoms with Crippen molar-refractivity contribution in [1.82, 2.24) is 15.1 Å². The number of thioether (sulfide) groups is 1. The Balaban J connectivity index is 1.95. The molecular formula is C15H23N3O2S. The van der Waals surface area contributed by atoms with Gasteiger partial charge in [0.05, 0.1) is 17.2 Å². The minimum atomic E-state index is -0.0184. The molecule has 0 unspecified atom stereocenters. The summed E-state index contributed by atoms with van der Waals surface area (Å²) in [6.07, 6.45) is 1.82. The van der Waals surface area contributed by atoms with E-state index in [9.17, 15) is 0 Å². The molecule has 0 bridgehead atoms. The zero-order valence-electron chi connectivity index (χ0n) is 13.5. The van der Waals surface area contributed by atoms with E-state index in [2.05, 4.69) is 42.8 Å². The van der Waals surface area contributed by atoms with Crippen molar-refractivity contribution in [3.05, 3.63) is 29.6 Å². The van der Waals surface area contributed by atoms with Gasteiger partial charge in [0.15, 0.2) is 5.82 Å². The number of nitrogens with zero attached hydrogens (tertiary/aromatic N) is 3. The number of oxazole rings is 1. The maximum atomic E-state index is 5.85.